The van der Waals surface area contributed by atoms with E-state index in [9.17, 15) is 36.2 Å². The summed E-state index contributed by atoms with van der Waals surface area (Å²) < 4.78 is 82.6. The number of phenolic OH excluding ortho intramolecular Hbond substituents is 2. The molecule has 0 atom stereocenters. The van der Waals surface area contributed by atoms with Crippen molar-refractivity contribution in [1.82, 2.24) is 0 Å². The summed E-state index contributed by atoms with van der Waals surface area (Å²) in [5.74, 6) is -0.185. The molecule has 0 amide bonds. The second kappa shape index (κ2) is 16.4. The molecule has 14 nitrogen and oxygen atoms in total. The number of fused-ring (bicyclic) bond motifs is 2. The smallest absolute Gasteiger partial charge is 0.744 e. The Morgan fingerprint density at radius 3 is 1.15 bits per heavy atom. The van der Waals surface area contributed by atoms with Crippen molar-refractivity contribution >= 4 is 64.5 Å². The normalized spacial score (nSPS) is 11.8. The first-order valence-corrected chi connectivity index (χ1v) is 17.2. The molecule has 0 spiro atoms. The third-order valence-corrected chi connectivity index (χ3v) is 9.43. The molecule has 0 radical (unpaired) electrons. The Morgan fingerprint density at radius 2 is 0.827 bits per heavy atom. The fraction of sp³-hybridized carbons (Fsp3) is 0.0588. The quantitative estimate of drug-likeness (QED) is 0.123. The van der Waals surface area contributed by atoms with Gasteiger partial charge in [0.2, 0.25) is 0 Å². The van der Waals surface area contributed by atoms with E-state index in [-0.39, 0.29) is 126 Å². The summed E-state index contributed by atoms with van der Waals surface area (Å²) in [6.45, 7) is 0. The molecule has 0 aliphatic rings. The molecule has 0 fully saturated rings. The van der Waals surface area contributed by atoms with Crippen LogP contribution in [0.1, 0.15) is 0 Å². The number of aromatic hydroxyl groups is 2. The van der Waals surface area contributed by atoms with Gasteiger partial charge in [0.25, 0.3) is 0 Å². The van der Waals surface area contributed by atoms with Crippen LogP contribution in [0.4, 0.5) is 22.7 Å². The van der Waals surface area contributed by atoms with Gasteiger partial charge in [-0.1, -0.05) is 60.7 Å². The van der Waals surface area contributed by atoms with Crippen LogP contribution < -0.4 is 68.6 Å². The number of phenols is 2. The van der Waals surface area contributed by atoms with Gasteiger partial charge in [-0.05, 0) is 47.5 Å². The Morgan fingerprint density at radius 1 is 0.500 bits per heavy atom. The molecular formula is C34H24N4Na2O10S2. The van der Waals surface area contributed by atoms with Crippen molar-refractivity contribution in [3.8, 4) is 34.1 Å². The fourth-order valence-electron chi connectivity index (χ4n) is 5.29. The van der Waals surface area contributed by atoms with Crippen LogP contribution in [0.25, 0.3) is 32.7 Å². The topological polar surface area (TPSA) is 223 Å². The number of nitrogens with zero attached hydrogens (tertiary/aromatic N) is 4. The van der Waals surface area contributed by atoms with Crippen molar-refractivity contribution in [3.63, 3.8) is 0 Å². The van der Waals surface area contributed by atoms with Crippen LogP contribution in [-0.2, 0) is 20.2 Å². The number of benzene rings is 6. The first kappa shape index (κ1) is 40.8. The van der Waals surface area contributed by atoms with Crippen molar-refractivity contribution < 1.29 is 105 Å². The largest absolute Gasteiger partial charge is 1.00 e. The van der Waals surface area contributed by atoms with Gasteiger partial charge in [-0.2, -0.15) is 0 Å². The maximum atomic E-state index is 11.9. The molecule has 6 aromatic rings. The molecular weight excluding hydrogens is 735 g/mol. The Labute approximate surface area is 341 Å². The molecule has 0 heterocycles. The van der Waals surface area contributed by atoms with Crippen LogP contribution in [0.15, 0.2) is 127 Å². The van der Waals surface area contributed by atoms with E-state index in [2.05, 4.69) is 20.5 Å². The van der Waals surface area contributed by atoms with Gasteiger partial charge in [-0.25, -0.2) is 16.8 Å². The summed E-state index contributed by atoms with van der Waals surface area (Å²) in [6.07, 6.45) is 0. The first-order chi connectivity index (χ1) is 23.8. The molecule has 52 heavy (non-hydrogen) atoms. The van der Waals surface area contributed by atoms with Crippen LogP contribution in [0.2, 0.25) is 0 Å². The van der Waals surface area contributed by atoms with Gasteiger partial charge in [-0.15, -0.1) is 20.5 Å². The third-order valence-electron chi connectivity index (χ3n) is 7.68. The predicted octanol–water partition coefficient (Wildman–Crippen LogP) is 1.74. The van der Waals surface area contributed by atoms with E-state index in [1.165, 1.54) is 50.6 Å². The molecule has 0 saturated heterocycles. The molecule has 6 rings (SSSR count). The van der Waals surface area contributed by atoms with Crippen molar-refractivity contribution in [2.24, 2.45) is 20.5 Å². The van der Waals surface area contributed by atoms with Crippen LogP contribution in [0.5, 0.6) is 23.0 Å². The summed E-state index contributed by atoms with van der Waals surface area (Å²) >= 11 is 0. The molecule has 0 saturated carbocycles. The van der Waals surface area contributed by atoms with Gasteiger partial charge in [-0.3, -0.25) is 0 Å². The van der Waals surface area contributed by atoms with Crippen LogP contribution >= 0.6 is 0 Å². The zero-order valence-corrected chi connectivity index (χ0v) is 33.6. The number of ether oxygens (including phenoxy) is 2. The fourth-order valence-corrected chi connectivity index (χ4v) is 6.69. The Bertz CT molecular complexity index is 2440. The Hall–Kier alpha value is -3.94. The number of azo groups is 2. The molecule has 0 aliphatic heterocycles. The summed E-state index contributed by atoms with van der Waals surface area (Å²) in [5.41, 5.74) is 1.27. The number of hydrogen-bond donors (Lipinski definition) is 2. The van der Waals surface area contributed by atoms with Crippen molar-refractivity contribution in [3.05, 3.63) is 97.1 Å². The minimum Gasteiger partial charge on any atom is -0.744 e. The van der Waals surface area contributed by atoms with E-state index in [0.717, 1.165) is 12.1 Å². The predicted molar refractivity (Wildman–Crippen MR) is 180 cm³/mol. The maximum Gasteiger partial charge on any atom is 1.00 e. The van der Waals surface area contributed by atoms with E-state index in [1.54, 1.807) is 48.5 Å². The standard InChI is InChI=1S/C34H26N4O10S2.2Na/c1-47-29-15-19(11-13-25(29)35-37-27-17-31(49(41,42)43)21-7-3-5-9-23(21)33(27)39)20-12-14-26(30(16-20)48-2)36-38-28-18-32(50(44,45)46)22-8-4-6-10-24(22)34(28)40;;/h3-18,39-40H,1-2H3,(H,41,42,43)(H,44,45,46);;/q;2*+1/p-2. The molecule has 0 unspecified atom stereocenters. The second-order valence-corrected chi connectivity index (χ2v) is 13.4. The second-order valence-electron chi connectivity index (χ2n) is 10.7. The van der Waals surface area contributed by atoms with E-state index in [0.29, 0.717) is 11.1 Å². The van der Waals surface area contributed by atoms with Crippen LogP contribution in [0.3, 0.4) is 0 Å². The molecule has 254 valence electrons. The average molecular weight is 759 g/mol. The van der Waals surface area contributed by atoms with Gasteiger partial charge in [0.15, 0.2) is 11.5 Å². The number of hydrogen-bond acceptors (Lipinski definition) is 14. The number of methoxy groups -OCH3 is 2. The Balaban J connectivity index is 0.00000302. The van der Waals surface area contributed by atoms with Crippen LogP contribution in [-0.4, -0.2) is 50.4 Å². The minimum atomic E-state index is -4.90. The number of rotatable bonds is 9. The van der Waals surface area contributed by atoms with Gasteiger partial charge >= 0.3 is 59.1 Å². The van der Waals surface area contributed by atoms with Crippen molar-refractivity contribution in [2.75, 3.05) is 14.2 Å². The zero-order chi connectivity index (χ0) is 35.8. The monoisotopic (exact) mass is 758 g/mol. The van der Waals surface area contributed by atoms with E-state index >= 15 is 0 Å². The molecule has 6 aromatic carbocycles. The molecule has 18 heteroatoms. The third kappa shape index (κ3) is 8.31. The zero-order valence-electron chi connectivity index (χ0n) is 28.0. The first-order valence-electron chi connectivity index (χ1n) is 14.4. The SMILES string of the molecule is COc1cc(-c2ccc(N=Nc3cc(S(=O)(=O)[O-])c4ccccc4c3O)c(OC)c2)ccc1N=Nc1cc(S(=O)(=O)[O-])c2ccccc2c1O.[Na+].[Na+]. The Kier molecular flexibility index (Phi) is 12.9. The minimum absolute atomic E-state index is 0. The van der Waals surface area contributed by atoms with Gasteiger partial charge in [0.05, 0.1) is 24.0 Å². The van der Waals surface area contributed by atoms with Crippen molar-refractivity contribution in [1.29, 1.82) is 0 Å². The summed E-state index contributed by atoms with van der Waals surface area (Å²) in [6, 6.07) is 23.7. The summed E-state index contributed by atoms with van der Waals surface area (Å²) in [4.78, 5) is -1.10. The summed E-state index contributed by atoms with van der Waals surface area (Å²) in [5, 5.41) is 38.2. The molecule has 0 aromatic heterocycles. The van der Waals surface area contributed by atoms with Crippen molar-refractivity contribution in [2.45, 2.75) is 9.79 Å². The molecule has 0 bridgehead atoms. The molecule has 0 aliphatic carbocycles. The van der Waals surface area contributed by atoms with Gasteiger partial charge in [0, 0.05) is 21.5 Å². The molecule has 2 N–H and O–H groups in total. The average Bonchev–Trinajstić information content (AvgIpc) is 3.10. The van der Waals surface area contributed by atoms with E-state index in [1.807, 2.05) is 0 Å². The van der Waals surface area contributed by atoms with E-state index in [4.69, 9.17) is 9.47 Å². The van der Waals surface area contributed by atoms with Gasteiger partial charge < -0.3 is 28.8 Å². The van der Waals surface area contributed by atoms with Gasteiger partial charge in [0.1, 0.15) is 54.5 Å². The maximum absolute atomic E-state index is 11.9. The van der Waals surface area contributed by atoms with E-state index < -0.39 is 30.0 Å². The summed E-state index contributed by atoms with van der Waals surface area (Å²) in [7, 11) is -6.99. The van der Waals surface area contributed by atoms with Crippen LogP contribution in [0, 0.1) is 0 Å².